The van der Waals surface area contributed by atoms with Gasteiger partial charge < -0.3 is 10.6 Å². The molecular formula is C12H14N4S. The van der Waals surface area contributed by atoms with Crippen molar-refractivity contribution in [2.75, 3.05) is 18.4 Å². The average molecular weight is 246 g/mol. The van der Waals surface area contributed by atoms with E-state index in [4.69, 9.17) is 0 Å². The van der Waals surface area contributed by atoms with Crippen molar-refractivity contribution in [2.24, 2.45) is 0 Å². The topological polar surface area (TPSA) is 49.8 Å². The number of rotatable bonds is 3. The van der Waals surface area contributed by atoms with Crippen molar-refractivity contribution in [3.63, 3.8) is 0 Å². The van der Waals surface area contributed by atoms with Gasteiger partial charge in [0.2, 0.25) is 0 Å². The fourth-order valence-electron chi connectivity index (χ4n) is 2.16. The third kappa shape index (κ3) is 1.81. The first-order valence-corrected chi connectivity index (χ1v) is 6.52. The number of fused-ring (bicyclic) bond motifs is 3. The minimum atomic E-state index is 0.731. The fourth-order valence-corrected chi connectivity index (χ4v) is 3.32. The molecule has 0 atom stereocenters. The van der Waals surface area contributed by atoms with Gasteiger partial charge >= 0.3 is 0 Å². The molecule has 0 aliphatic carbocycles. The summed E-state index contributed by atoms with van der Waals surface area (Å²) in [6.07, 6.45) is 4.53. The number of aromatic nitrogens is 2. The molecule has 0 bridgehead atoms. The maximum absolute atomic E-state index is 4.37. The van der Waals surface area contributed by atoms with Crippen molar-refractivity contribution < 1.29 is 0 Å². The Hall–Kier alpha value is -1.46. The van der Waals surface area contributed by atoms with Crippen LogP contribution in [0.15, 0.2) is 19.0 Å². The van der Waals surface area contributed by atoms with Crippen LogP contribution in [0.4, 0.5) is 5.82 Å². The molecule has 2 N–H and O–H groups in total. The van der Waals surface area contributed by atoms with Crippen LogP contribution < -0.4 is 10.6 Å². The van der Waals surface area contributed by atoms with Gasteiger partial charge in [0, 0.05) is 18.0 Å². The smallest absolute Gasteiger partial charge is 0.138 e. The summed E-state index contributed by atoms with van der Waals surface area (Å²) in [5, 5.41) is 7.89. The van der Waals surface area contributed by atoms with Gasteiger partial charge in [-0.2, -0.15) is 0 Å². The van der Waals surface area contributed by atoms with Gasteiger partial charge in [0.05, 0.1) is 5.39 Å². The van der Waals surface area contributed by atoms with Gasteiger partial charge in [-0.25, -0.2) is 9.97 Å². The van der Waals surface area contributed by atoms with E-state index < -0.39 is 0 Å². The third-order valence-electron chi connectivity index (χ3n) is 2.92. The number of hydrogen-bond acceptors (Lipinski definition) is 5. The van der Waals surface area contributed by atoms with Crippen molar-refractivity contribution in [1.29, 1.82) is 0 Å². The molecule has 0 amide bonds. The van der Waals surface area contributed by atoms with Gasteiger partial charge in [0.25, 0.3) is 0 Å². The first-order chi connectivity index (χ1) is 8.40. The molecule has 17 heavy (non-hydrogen) atoms. The highest BCUT2D eigenvalue weighted by Crippen LogP contribution is 2.35. The van der Waals surface area contributed by atoms with Crippen LogP contribution in [0.2, 0.25) is 0 Å². The van der Waals surface area contributed by atoms with Gasteiger partial charge in [0.15, 0.2) is 0 Å². The molecule has 3 heterocycles. The molecule has 0 unspecified atom stereocenters. The van der Waals surface area contributed by atoms with E-state index in [9.17, 15) is 0 Å². The van der Waals surface area contributed by atoms with E-state index in [2.05, 4.69) is 27.2 Å². The number of nitrogens with zero attached hydrogens (tertiary/aromatic N) is 2. The SMILES string of the molecule is C=CCNc1ncnc2sc3c(c12)CCNC3. The van der Waals surface area contributed by atoms with Gasteiger partial charge in [-0.3, -0.25) is 0 Å². The van der Waals surface area contributed by atoms with Crippen molar-refractivity contribution in [3.05, 3.63) is 29.4 Å². The molecule has 0 spiro atoms. The van der Waals surface area contributed by atoms with E-state index in [0.29, 0.717) is 0 Å². The minimum Gasteiger partial charge on any atom is -0.366 e. The van der Waals surface area contributed by atoms with Crippen LogP contribution in [-0.4, -0.2) is 23.1 Å². The van der Waals surface area contributed by atoms with Crippen molar-refractivity contribution in [2.45, 2.75) is 13.0 Å². The van der Waals surface area contributed by atoms with Crippen molar-refractivity contribution >= 4 is 27.4 Å². The monoisotopic (exact) mass is 246 g/mol. The predicted molar refractivity (Wildman–Crippen MR) is 71.5 cm³/mol. The van der Waals surface area contributed by atoms with Crippen LogP contribution >= 0.6 is 11.3 Å². The van der Waals surface area contributed by atoms with E-state index >= 15 is 0 Å². The van der Waals surface area contributed by atoms with Crippen LogP contribution in [0.3, 0.4) is 0 Å². The normalized spacial score (nSPS) is 14.6. The molecule has 1 aliphatic rings. The maximum Gasteiger partial charge on any atom is 0.138 e. The van der Waals surface area contributed by atoms with Crippen LogP contribution in [0.25, 0.3) is 10.2 Å². The fraction of sp³-hybridized carbons (Fsp3) is 0.333. The maximum atomic E-state index is 4.37. The van der Waals surface area contributed by atoms with Gasteiger partial charge in [-0.15, -0.1) is 17.9 Å². The molecule has 5 heteroatoms. The molecule has 0 radical (unpaired) electrons. The van der Waals surface area contributed by atoms with Gasteiger partial charge in [-0.1, -0.05) is 6.08 Å². The highest BCUT2D eigenvalue weighted by Gasteiger charge is 2.19. The summed E-state index contributed by atoms with van der Waals surface area (Å²) in [7, 11) is 0. The first kappa shape index (κ1) is 10.7. The van der Waals surface area contributed by atoms with E-state index in [1.165, 1.54) is 15.8 Å². The summed E-state index contributed by atoms with van der Waals surface area (Å²) in [4.78, 5) is 11.2. The van der Waals surface area contributed by atoms with Crippen molar-refractivity contribution in [3.8, 4) is 0 Å². The Bertz CT molecular complexity index is 561. The van der Waals surface area contributed by atoms with Gasteiger partial charge in [-0.05, 0) is 18.5 Å². The summed E-state index contributed by atoms with van der Waals surface area (Å²) >= 11 is 1.77. The highest BCUT2D eigenvalue weighted by atomic mass is 32.1. The number of thiophene rings is 1. The second kappa shape index (κ2) is 4.43. The largest absolute Gasteiger partial charge is 0.366 e. The summed E-state index contributed by atoms with van der Waals surface area (Å²) in [5.41, 5.74) is 1.41. The predicted octanol–water partition coefficient (Wildman–Crippen LogP) is 1.93. The Labute approximate surface area is 104 Å². The molecule has 0 saturated carbocycles. The Morgan fingerprint density at radius 3 is 3.35 bits per heavy atom. The molecule has 0 fully saturated rings. The Balaban J connectivity index is 2.15. The van der Waals surface area contributed by atoms with E-state index in [1.807, 2.05) is 6.08 Å². The summed E-state index contributed by atoms with van der Waals surface area (Å²) in [5.74, 6) is 0.939. The first-order valence-electron chi connectivity index (χ1n) is 5.71. The molecule has 0 saturated heterocycles. The van der Waals surface area contributed by atoms with Crippen LogP contribution in [0.1, 0.15) is 10.4 Å². The Morgan fingerprint density at radius 2 is 2.47 bits per heavy atom. The highest BCUT2D eigenvalue weighted by molar-refractivity contribution is 7.18. The lowest BCUT2D eigenvalue weighted by atomic mass is 10.1. The number of anilines is 1. The quantitative estimate of drug-likeness (QED) is 0.813. The summed E-state index contributed by atoms with van der Waals surface area (Å²) in [6, 6.07) is 0. The zero-order valence-electron chi connectivity index (χ0n) is 9.49. The van der Waals surface area contributed by atoms with Crippen LogP contribution in [-0.2, 0) is 13.0 Å². The number of nitrogens with one attached hydrogen (secondary N) is 2. The standard InChI is InChI=1S/C12H14N4S/c1-2-4-14-11-10-8-3-5-13-6-9(8)17-12(10)16-7-15-11/h2,7,13H,1,3-6H2,(H,14,15,16). The average Bonchev–Trinajstić information content (AvgIpc) is 2.75. The van der Waals surface area contributed by atoms with E-state index in [-0.39, 0.29) is 0 Å². The summed E-state index contributed by atoms with van der Waals surface area (Å²) < 4.78 is 0. The lowest BCUT2D eigenvalue weighted by Crippen LogP contribution is -2.22. The van der Waals surface area contributed by atoms with Crippen molar-refractivity contribution in [1.82, 2.24) is 15.3 Å². The van der Waals surface area contributed by atoms with Crippen LogP contribution in [0, 0.1) is 0 Å². The third-order valence-corrected chi connectivity index (χ3v) is 4.06. The Morgan fingerprint density at radius 1 is 1.53 bits per heavy atom. The molecule has 2 aromatic heterocycles. The van der Waals surface area contributed by atoms with E-state index in [0.717, 1.165) is 36.7 Å². The second-order valence-electron chi connectivity index (χ2n) is 4.00. The van der Waals surface area contributed by atoms with Crippen LogP contribution in [0.5, 0.6) is 0 Å². The molecular weight excluding hydrogens is 232 g/mol. The lowest BCUT2D eigenvalue weighted by Gasteiger charge is -2.13. The second-order valence-corrected chi connectivity index (χ2v) is 5.09. The number of hydrogen-bond donors (Lipinski definition) is 2. The minimum absolute atomic E-state index is 0.731. The van der Waals surface area contributed by atoms with E-state index in [1.54, 1.807) is 17.7 Å². The lowest BCUT2D eigenvalue weighted by molar-refractivity contribution is 0.657. The zero-order valence-corrected chi connectivity index (χ0v) is 10.3. The molecule has 2 aromatic rings. The molecule has 1 aliphatic heterocycles. The zero-order chi connectivity index (χ0) is 11.7. The summed E-state index contributed by atoms with van der Waals surface area (Å²) in [6.45, 7) is 6.44. The van der Waals surface area contributed by atoms with Gasteiger partial charge in [0.1, 0.15) is 17.0 Å². The molecule has 4 nitrogen and oxygen atoms in total. The Kier molecular flexibility index (Phi) is 2.78. The molecule has 88 valence electrons. The molecule has 0 aromatic carbocycles. The molecule has 3 rings (SSSR count).